The van der Waals surface area contributed by atoms with Crippen LogP contribution in [0.4, 0.5) is 0 Å². The van der Waals surface area contributed by atoms with Crippen LogP contribution in [0.1, 0.15) is 30.5 Å². The first-order valence-electron chi connectivity index (χ1n) is 6.37. The number of benzene rings is 1. The van der Waals surface area contributed by atoms with Crippen molar-refractivity contribution >= 4 is 10.0 Å². The third-order valence-corrected chi connectivity index (χ3v) is 5.41. The quantitative estimate of drug-likeness (QED) is 0.895. The maximum absolute atomic E-state index is 12.1. The molecule has 100 valence electrons. The van der Waals surface area contributed by atoms with E-state index in [0.29, 0.717) is 19.5 Å². The summed E-state index contributed by atoms with van der Waals surface area (Å²) in [6, 6.07) is 7.97. The standard InChI is InChI=1S/C13H20N2O2S/c1-2-18(16,17)15-10-8-11-5-3-4-6-12(11)13(15)7-9-14/h3-6,13H,2,7-10,14H2,1H3. The molecule has 5 heteroatoms. The van der Waals surface area contributed by atoms with Crippen LogP contribution in [0.15, 0.2) is 24.3 Å². The second-order valence-corrected chi connectivity index (χ2v) is 6.76. The fourth-order valence-corrected chi connectivity index (χ4v) is 3.89. The Morgan fingerprint density at radius 3 is 2.78 bits per heavy atom. The van der Waals surface area contributed by atoms with Crippen LogP contribution in [0, 0.1) is 0 Å². The highest BCUT2D eigenvalue weighted by atomic mass is 32.2. The third-order valence-electron chi connectivity index (χ3n) is 3.53. The highest BCUT2D eigenvalue weighted by Gasteiger charge is 2.33. The van der Waals surface area contributed by atoms with Crippen LogP contribution in [-0.4, -0.2) is 31.6 Å². The molecule has 1 aliphatic rings. The van der Waals surface area contributed by atoms with Gasteiger partial charge in [-0.05, 0) is 37.4 Å². The van der Waals surface area contributed by atoms with Gasteiger partial charge in [-0.3, -0.25) is 0 Å². The van der Waals surface area contributed by atoms with Gasteiger partial charge in [0, 0.05) is 6.54 Å². The lowest BCUT2D eigenvalue weighted by atomic mass is 9.92. The molecule has 0 radical (unpaired) electrons. The van der Waals surface area contributed by atoms with Crippen LogP contribution in [0.5, 0.6) is 0 Å². The molecular formula is C13H20N2O2S. The summed E-state index contributed by atoms with van der Waals surface area (Å²) in [7, 11) is -3.16. The summed E-state index contributed by atoms with van der Waals surface area (Å²) in [4.78, 5) is 0. The van der Waals surface area contributed by atoms with Gasteiger partial charge in [0.2, 0.25) is 10.0 Å². The first-order valence-corrected chi connectivity index (χ1v) is 7.98. The third kappa shape index (κ3) is 2.43. The molecule has 0 aromatic heterocycles. The molecule has 1 unspecified atom stereocenters. The van der Waals surface area contributed by atoms with Gasteiger partial charge in [-0.1, -0.05) is 24.3 Å². The lowest BCUT2D eigenvalue weighted by Crippen LogP contribution is -2.41. The summed E-state index contributed by atoms with van der Waals surface area (Å²) in [5, 5.41) is 0. The summed E-state index contributed by atoms with van der Waals surface area (Å²) < 4.78 is 25.9. The highest BCUT2D eigenvalue weighted by Crippen LogP contribution is 2.33. The average Bonchev–Trinajstić information content (AvgIpc) is 2.39. The van der Waals surface area contributed by atoms with Crippen LogP contribution in [-0.2, 0) is 16.4 Å². The molecule has 18 heavy (non-hydrogen) atoms. The fourth-order valence-electron chi connectivity index (χ4n) is 2.58. The topological polar surface area (TPSA) is 63.4 Å². The molecule has 0 bridgehead atoms. The maximum Gasteiger partial charge on any atom is 0.214 e. The maximum atomic E-state index is 12.1. The SMILES string of the molecule is CCS(=O)(=O)N1CCc2ccccc2C1CCN. The molecule has 4 nitrogen and oxygen atoms in total. The number of sulfonamides is 1. The van der Waals surface area contributed by atoms with Gasteiger partial charge in [0.05, 0.1) is 11.8 Å². The van der Waals surface area contributed by atoms with E-state index >= 15 is 0 Å². The van der Waals surface area contributed by atoms with Gasteiger partial charge in [-0.2, -0.15) is 4.31 Å². The number of hydrogen-bond donors (Lipinski definition) is 1. The number of nitrogens with zero attached hydrogens (tertiary/aromatic N) is 1. The van der Waals surface area contributed by atoms with Crippen molar-refractivity contribution in [3.05, 3.63) is 35.4 Å². The molecule has 2 rings (SSSR count). The Morgan fingerprint density at radius 2 is 2.11 bits per heavy atom. The predicted molar refractivity (Wildman–Crippen MR) is 72.7 cm³/mol. The van der Waals surface area contributed by atoms with Crippen molar-refractivity contribution in [2.24, 2.45) is 5.73 Å². The Bertz CT molecular complexity index is 513. The van der Waals surface area contributed by atoms with Gasteiger partial charge in [-0.15, -0.1) is 0 Å². The van der Waals surface area contributed by atoms with Gasteiger partial charge in [0.15, 0.2) is 0 Å². The van der Waals surface area contributed by atoms with E-state index in [1.54, 1.807) is 11.2 Å². The average molecular weight is 268 g/mol. The Balaban J connectivity index is 2.41. The van der Waals surface area contributed by atoms with E-state index in [1.807, 2.05) is 18.2 Å². The zero-order chi connectivity index (χ0) is 13.2. The van der Waals surface area contributed by atoms with Crippen LogP contribution < -0.4 is 5.73 Å². The van der Waals surface area contributed by atoms with E-state index in [1.165, 1.54) is 5.56 Å². The summed E-state index contributed by atoms with van der Waals surface area (Å²) in [6.07, 6.45) is 1.46. The van der Waals surface area contributed by atoms with Gasteiger partial charge < -0.3 is 5.73 Å². The molecule has 0 amide bonds. The molecule has 0 fully saturated rings. The molecule has 2 N–H and O–H groups in total. The van der Waals surface area contributed by atoms with E-state index in [9.17, 15) is 8.42 Å². The zero-order valence-electron chi connectivity index (χ0n) is 10.7. The zero-order valence-corrected chi connectivity index (χ0v) is 11.5. The van der Waals surface area contributed by atoms with E-state index in [0.717, 1.165) is 12.0 Å². The molecule has 0 saturated heterocycles. The van der Waals surface area contributed by atoms with Crippen molar-refractivity contribution < 1.29 is 8.42 Å². The minimum Gasteiger partial charge on any atom is -0.330 e. The lowest BCUT2D eigenvalue weighted by molar-refractivity contribution is 0.297. The van der Waals surface area contributed by atoms with Crippen LogP contribution in [0.3, 0.4) is 0 Å². The smallest absolute Gasteiger partial charge is 0.214 e. The van der Waals surface area contributed by atoms with Crippen molar-refractivity contribution in [3.8, 4) is 0 Å². The summed E-state index contributed by atoms with van der Waals surface area (Å²) >= 11 is 0. The number of nitrogens with two attached hydrogens (primary N) is 1. The number of hydrogen-bond acceptors (Lipinski definition) is 3. The van der Waals surface area contributed by atoms with Crippen LogP contribution >= 0.6 is 0 Å². The molecular weight excluding hydrogens is 248 g/mol. The Kier molecular flexibility index (Phi) is 4.04. The number of fused-ring (bicyclic) bond motifs is 1. The van der Waals surface area contributed by atoms with Crippen molar-refractivity contribution in [3.63, 3.8) is 0 Å². The normalized spacial score (nSPS) is 20.7. The Morgan fingerprint density at radius 1 is 1.39 bits per heavy atom. The Labute approximate surface area is 109 Å². The van der Waals surface area contributed by atoms with E-state index < -0.39 is 10.0 Å². The molecule has 1 heterocycles. The fraction of sp³-hybridized carbons (Fsp3) is 0.538. The van der Waals surface area contributed by atoms with Crippen LogP contribution in [0.2, 0.25) is 0 Å². The first-order chi connectivity index (χ1) is 8.60. The second-order valence-electron chi connectivity index (χ2n) is 4.55. The van der Waals surface area contributed by atoms with Crippen molar-refractivity contribution in [2.45, 2.75) is 25.8 Å². The Hall–Kier alpha value is -0.910. The second kappa shape index (κ2) is 5.38. The molecule has 0 spiro atoms. The van der Waals surface area contributed by atoms with E-state index in [-0.39, 0.29) is 11.8 Å². The predicted octanol–water partition coefficient (Wildman–Crippen LogP) is 1.28. The van der Waals surface area contributed by atoms with Gasteiger partial charge in [0.25, 0.3) is 0 Å². The molecule has 0 saturated carbocycles. The first kappa shape index (κ1) is 13.5. The molecule has 0 aliphatic carbocycles. The van der Waals surface area contributed by atoms with Gasteiger partial charge in [-0.25, -0.2) is 8.42 Å². The minimum atomic E-state index is -3.16. The van der Waals surface area contributed by atoms with E-state index in [2.05, 4.69) is 6.07 Å². The van der Waals surface area contributed by atoms with Gasteiger partial charge in [0.1, 0.15) is 0 Å². The molecule has 1 atom stereocenters. The molecule has 1 aliphatic heterocycles. The summed E-state index contributed by atoms with van der Waals surface area (Å²) in [5.74, 6) is 0.149. The highest BCUT2D eigenvalue weighted by molar-refractivity contribution is 7.89. The van der Waals surface area contributed by atoms with Crippen molar-refractivity contribution in [1.29, 1.82) is 0 Å². The minimum absolute atomic E-state index is 0.0927. The summed E-state index contributed by atoms with van der Waals surface area (Å²) in [6.45, 7) is 2.75. The monoisotopic (exact) mass is 268 g/mol. The largest absolute Gasteiger partial charge is 0.330 e. The molecule has 1 aromatic carbocycles. The summed E-state index contributed by atoms with van der Waals surface area (Å²) in [5.41, 5.74) is 8.01. The lowest BCUT2D eigenvalue weighted by Gasteiger charge is -2.36. The number of rotatable bonds is 4. The van der Waals surface area contributed by atoms with Gasteiger partial charge >= 0.3 is 0 Å². The van der Waals surface area contributed by atoms with Crippen molar-refractivity contribution in [1.82, 2.24) is 4.31 Å². The molecule has 1 aromatic rings. The van der Waals surface area contributed by atoms with Crippen LogP contribution in [0.25, 0.3) is 0 Å². The van der Waals surface area contributed by atoms with E-state index in [4.69, 9.17) is 5.73 Å². The van der Waals surface area contributed by atoms with Crippen molar-refractivity contribution in [2.75, 3.05) is 18.8 Å².